The van der Waals surface area contributed by atoms with Crippen molar-refractivity contribution in [3.05, 3.63) is 11.8 Å². The van der Waals surface area contributed by atoms with Crippen molar-refractivity contribution in [2.45, 2.75) is 26.2 Å². The zero-order chi connectivity index (χ0) is 19.2. The number of rotatable bonds is 8. The first-order valence-electron chi connectivity index (χ1n) is 8.78. The maximum atomic E-state index is 11.7. The minimum absolute atomic E-state index is 0.196. The molecule has 0 saturated carbocycles. The van der Waals surface area contributed by atoms with Crippen LogP contribution in [0, 0.1) is 6.92 Å². The Morgan fingerprint density at radius 2 is 1.92 bits per heavy atom. The summed E-state index contributed by atoms with van der Waals surface area (Å²) in [7, 11) is -1.99. The number of amides is 1. The van der Waals surface area contributed by atoms with Crippen LogP contribution in [0.4, 0.5) is 11.8 Å². The maximum Gasteiger partial charge on any atom is 0.235 e. The lowest BCUT2D eigenvalue weighted by Crippen LogP contribution is -2.39. The average Bonchev–Trinajstić information content (AvgIpc) is 2.58. The molecule has 0 aromatic carbocycles. The lowest BCUT2D eigenvalue weighted by atomic mass is 10.1. The molecular formula is C16H28N6O3S. The number of aryl methyl sites for hydroxylation is 1. The predicted octanol–water partition coefficient (Wildman–Crippen LogP) is 0.195. The first kappa shape index (κ1) is 20.4. The van der Waals surface area contributed by atoms with Gasteiger partial charge in [-0.1, -0.05) is 0 Å². The molecule has 0 unspecified atom stereocenters. The van der Waals surface area contributed by atoms with Crippen molar-refractivity contribution in [1.82, 2.24) is 19.6 Å². The van der Waals surface area contributed by atoms with Crippen LogP contribution in [0.15, 0.2) is 6.07 Å². The van der Waals surface area contributed by atoms with Crippen molar-refractivity contribution >= 4 is 27.7 Å². The second-order valence-electron chi connectivity index (χ2n) is 6.53. The second kappa shape index (κ2) is 9.13. The molecule has 2 N–H and O–H groups in total. The first-order chi connectivity index (χ1) is 12.3. The molecule has 0 radical (unpaired) electrons. The molecule has 0 spiro atoms. The molecule has 9 nitrogen and oxygen atoms in total. The number of likely N-dealkylation sites (N-methyl/N-ethyl adjacent to an activating group) is 1. The maximum absolute atomic E-state index is 11.7. The largest absolute Gasteiger partial charge is 0.356 e. The minimum Gasteiger partial charge on any atom is -0.356 e. The van der Waals surface area contributed by atoms with Crippen molar-refractivity contribution in [1.29, 1.82) is 0 Å². The molecule has 1 amide bonds. The quantitative estimate of drug-likeness (QED) is 0.616. The Labute approximate surface area is 155 Å². The number of hydrogen-bond donors (Lipinski definition) is 2. The molecule has 2 rings (SSSR count). The van der Waals surface area contributed by atoms with E-state index >= 15 is 0 Å². The van der Waals surface area contributed by atoms with E-state index in [0.717, 1.165) is 35.2 Å². The molecule has 1 aliphatic rings. The van der Waals surface area contributed by atoms with Gasteiger partial charge in [0.25, 0.3) is 0 Å². The average molecular weight is 385 g/mol. The number of anilines is 2. The summed E-state index contributed by atoms with van der Waals surface area (Å²) in [5.41, 5.74) is 0.891. The van der Waals surface area contributed by atoms with Crippen LogP contribution in [-0.4, -0.2) is 74.6 Å². The highest BCUT2D eigenvalue weighted by molar-refractivity contribution is 7.88. The molecule has 1 aromatic heterocycles. The number of hydrogen-bond acceptors (Lipinski definition) is 7. The lowest BCUT2D eigenvalue weighted by Gasteiger charge is -2.28. The number of nitrogens with zero attached hydrogens (tertiary/aromatic N) is 4. The van der Waals surface area contributed by atoms with Crippen molar-refractivity contribution in [3.63, 3.8) is 0 Å². The molecule has 10 heteroatoms. The second-order valence-corrected chi connectivity index (χ2v) is 8.62. The molecule has 0 atom stereocenters. The Balaban J connectivity index is 1.80. The van der Waals surface area contributed by atoms with E-state index in [-0.39, 0.29) is 12.5 Å². The number of nitrogens with one attached hydrogen (secondary N) is 2. The fourth-order valence-corrected chi connectivity index (χ4v) is 3.02. The molecule has 26 heavy (non-hydrogen) atoms. The third-order valence-corrected chi connectivity index (χ3v) is 5.44. The van der Waals surface area contributed by atoms with Crippen molar-refractivity contribution in [2.24, 2.45) is 0 Å². The third kappa shape index (κ3) is 6.41. The molecule has 2 heterocycles. The van der Waals surface area contributed by atoms with E-state index < -0.39 is 10.0 Å². The smallest absolute Gasteiger partial charge is 0.235 e. The minimum atomic E-state index is -3.36. The van der Waals surface area contributed by atoms with Crippen LogP contribution < -0.4 is 15.5 Å². The number of piperidine rings is 1. The van der Waals surface area contributed by atoms with E-state index in [0.29, 0.717) is 19.0 Å². The van der Waals surface area contributed by atoms with Crippen molar-refractivity contribution in [3.8, 4) is 0 Å². The highest BCUT2D eigenvalue weighted by Crippen LogP contribution is 2.19. The molecule has 1 aromatic rings. The van der Waals surface area contributed by atoms with E-state index in [4.69, 9.17) is 0 Å². The summed E-state index contributed by atoms with van der Waals surface area (Å²) in [5, 5.41) is 5.78. The van der Waals surface area contributed by atoms with Crippen LogP contribution in [0.2, 0.25) is 0 Å². The Kier molecular flexibility index (Phi) is 7.15. The molecular weight excluding hydrogens is 356 g/mol. The van der Waals surface area contributed by atoms with Gasteiger partial charge >= 0.3 is 0 Å². The fraction of sp³-hybridized carbons (Fsp3) is 0.688. The monoisotopic (exact) mass is 384 g/mol. The van der Waals surface area contributed by atoms with Gasteiger partial charge in [0.1, 0.15) is 5.82 Å². The van der Waals surface area contributed by atoms with E-state index in [1.165, 1.54) is 26.3 Å². The number of sulfonamides is 1. The van der Waals surface area contributed by atoms with Crippen LogP contribution in [0.5, 0.6) is 0 Å². The van der Waals surface area contributed by atoms with Gasteiger partial charge in [-0.3, -0.25) is 4.79 Å². The van der Waals surface area contributed by atoms with E-state index in [1.54, 1.807) is 0 Å². The first-order valence-corrected chi connectivity index (χ1v) is 10.6. The van der Waals surface area contributed by atoms with Crippen LogP contribution in [-0.2, 0) is 14.8 Å². The van der Waals surface area contributed by atoms with Gasteiger partial charge in [0, 0.05) is 45.0 Å². The van der Waals surface area contributed by atoms with Gasteiger partial charge in [-0.15, -0.1) is 0 Å². The van der Waals surface area contributed by atoms with E-state index in [2.05, 4.69) is 25.5 Å². The van der Waals surface area contributed by atoms with Gasteiger partial charge in [0.2, 0.25) is 21.9 Å². The van der Waals surface area contributed by atoms with Gasteiger partial charge in [0.05, 0.1) is 12.8 Å². The molecule has 146 valence electrons. The van der Waals surface area contributed by atoms with Crippen molar-refractivity contribution < 1.29 is 13.2 Å². The molecule has 0 bridgehead atoms. The van der Waals surface area contributed by atoms with Gasteiger partial charge in [-0.05, 0) is 26.2 Å². The van der Waals surface area contributed by atoms with Crippen molar-refractivity contribution in [2.75, 3.05) is 56.2 Å². The summed E-state index contributed by atoms with van der Waals surface area (Å²) in [6.07, 6.45) is 4.69. The lowest BCUT2D eigenvalue weighted by molar-refractivity contribution is -0.121. The van der Waals surface area contributed by atoms with Crippen LogP contribution in [0.3, 0.4) is 0 Å². The normalized spacial score (nSPS) is 15.2. The van der Waals surface area contributed by atoms with Crippen LogP contribution in [0.1, 0.15) is 25.0 Å². The zero-order valence-corrected chi connectivity index (χ0v) is 16.5. The highest BCUT2D eigenvalue weighted by atomic mass is 32.2. The summed E-state index contributed by atoms with van der Waals surface area (Å²) in [6.45, 7) is 4.58. The van der Waals surface area contributed by atoms with Gasteiger partial charge < -0.3 is 15.5 Å². The number of carbonyl (C=O) groups excluding carboxylic acids is 1. The summed E-state index contributed by atoms with van der Waals surface area (Å²) in [4.78, 5) is 22.9. The molecule has 1 fully saturated rings. The predicted molar refractivity (Wildman–Crippen MR) is 102 cm³/mol. The van der Waals surface area contributed by atoms with Crippen LogP contribution in [0.25, 0.3) is 0 Å². The summed E-state index contributed by atoms with van der Waals surface area (Å²) >= 11 is 0. The number of carbonyl (C=O) groups is 1. The van der Waals surface area contributed by atoms with Gasteiger partial charge in [0.15, 0.2) is 0 Å². The summed E-state index contributed by atoms with van der Waals surface area (Å²) in [6, 6.07) is 1.99. The van der Waals surface area contributed by atoms with Crippen LogP contribution >= 0.6 is 0 Å². The zero-order valence-electron chi connectivity index (χ0n) is 15.7. The Morgan fingerprint density at radius 3 is 2.58 bits per heavy atom. The summed E-state index contributed by atoms with van der Waals surface area (Å²) in [5.74, 6) is 1.12. The topological polar surface area (TPSA) is 108 Å². The highest BCUT2D eigenvalue weighted by Gasteiger charge is 2.15. The molecule has 1 saturated heterocycles. The Bertz CT molecular complexity index is 719. The Morgan fingerprint density at radius 1 is 1.23 bits per heavy atom. The Hall–Kier alpha value is -1.94. The number of aromatic nitrogens is 2. The SMILES string of the molecule is Cc1cc(N2CCCCC2)nc(NCCNC(=O)CN(C)S(C)(=O)=O)n1. The van der Waals surface area contributed by atoms with E-state index in [1.807, 2.05) is 13.0 Å². The van der Waals surface area contributed by atoms with Gasteiger partial charge in [-0.2, -0.15) is 9.29 Å². The fourth-order valence-electron chi connectivity index (χ4n) is 2.67. The summed E-state index contributed by atoms with van der Waals surface area (Å²) < 4.78 is 23.6. The molecule has 1 aliphatic heterocycles. The van der Waals surface area contributed by atoms with Gasteiger partial charge in [-0.25, -0.2) is 13.4 Å². The third-order valence-electron chi connectivity index (χ3n) is 4.18. The standard InChI is InChI=1S/C16H28N6O3S/c1-13-11-14(22-9-5-4-6-10-22)20-16(19-13)18-8-7-17-15(23)12-21(2)26(3,24)25/h11H,4-10,12H2,1-3H3,(H,17,23)(H,18,19,20). The van der Waals surface area contributed by atoms with E-state index in [9.17, 15) is 13.2 Å². The molecule has 0 aliphatic carbocycles.